The van der Waals surface area contributed by atoms with E-state index in [1.54, 1.807) is 13.8 Å². The molecule has 106 valence electrons. The zero-order chi connectivity index (χ0) is 14.2. The maximum absolute atomic E-state index is 13.8. The SMILES string of the molecule is CC1CNCC(C)N1S(=O)(=O)c1ccc(Cl)cc1F. The molecular formula is C12H16ClFN2O2S. The number of piperazine rings is 1. The lowest BCUT2D eigenvalue weighted by Gasteiger charge is -2.38. The zero-order valence-corrected chi connectivity index (χ0v) is 12.3. The van der Waals surface area contributed by atoms with E-state index in [2.05, 4.69) is 5.32 Å². The van der Waals surface area contributed by atoms with E-state index in [9.17, 15) is 12.8 Å². The van der Waals surface area contributed by atoms with Crippen LogP contribution in [-0.4, -0.2) is 37.9 Å². The van der Waals surface area contributed by atoms with Crippen molar-refractivity contribution in [2.45, 2.75) is 30.8 Å². The Hall–Kier alpha value is -0.690. The van der Waals surface area contributed by atoms with Gasteiger partial charge >= 0.3 is 0 Å². The molecule has 1 aliphatic heterocycles. The molecule has 2 rings (SSSR count). The van der Waals surface area contributed by atoms with Gasteiger partial charge in [-0.15, -0.1) is 0 Å². The van der Waals surface area contributed by atoms with Gasteiger partial charge in [-0.1, -0.05) is 11.6 Å². The average Bonchev–Trinajstić information content (AvgIpc) is 2.27. The Bertz CT molecular complexity index is 569. The van der Waals surface area contributed by atoms with Crippen LogP contribution in [-0.2, 0) is 10.0 Å². The molecule has 1 heterocycles. The first-order chi connectivity index (χ1) is 8.84. The van der Waals surface area contributed by atoms with Crippen molar-refractivity contribution >= 4 is 21.6 Å². The predicted molar refractivity (Wildman–Crippen MR) is 72.2 cm³/mol. The maximum atomic E-state index is 13.8. The minimum absolute atomic E-state index is 0.179. The summed E-state index contributed by atoms with van der Waals surface area (Å²) in [5.41, 5.74) is 0. The molecule has 1 aromatic rings. The van der Waals surface area contributed by atoms with Crippen LogP contribution in [0, 0.1) is 5.82 Å². The van der Waals surface area contributed by atoms with Crippen LogP contribution in [0.5, 0.6) is 0 Å². The van der Waals surface area contributed by atoms with Gasteiger partial charge in [0, 0.05) is 30.2 Å². The normalized spacial score (nSPS) is 25.5. The van der Waals surface area contributed by atoms with Gasteiger partial charge in [-0.05, 0) is 32.0 Å². The number of rotatable bonds is 2. The molecule has 1 aliphatic rings. The van der Waals surface area contributed by atoms with Crippen LogP contribution < -0.4 is 5.32 Å². The van der Waals surface area contributed by atoms with Gasteiger partial charge in [-0.25, -0.2) is 12.8 Å². The Labute approximate surface area is 117 Å². The summed E-state index contributed by atoms with van der Waals surface area (Å²) in [6, 6.07) is 3.18. The van der Waals surface area contributed by atoms with Crippen molar-refractivity contribution in [1.29, 1.82) is 0 Å². The minimum Gasteiger partial charge on any atom is -0.314 e. The number of benzene rings is 1. The van der Waals surface area contributed by atoms with Crippen molar-refractivity contribution in [3.63, 3.8) is 0 Å². The van der Waals surface area contributed by atoms with Crippen molar-refractivity contribution in [2.75, 3.05) is 13.1 Å². The summed E-state index contributed by atoms with van der Waals surface area (Å²) in [4.78, 5) is -0.322. The maximum Gasteiger partial charge on any atom is 0.246 e. The molecule has 0 saturated carbocycles. The first kappa shape index (κ1) is 14.7. The predicted octanol–water partition coefficient (Wildman–Crippen LogP) is 1.85. The molecule has 0 radical (unpaired) electrons. The molecule has 1 aromatic carbocycles. The van der Waals surface area contributed by atoms with Crippen molar-refractivity contribution in [3.05, 3.63) is 29.0 Å². The molecule has 19 heavy (non-hydrogen) atoms. The van der Waals surface area contributed by atoms with E-state index in [1.165, 1.54) is 16.4 Å². The Kier molecular flexibility index (Phi) is 4.15. The quantitative estimate of drug-likeness (QED) is 0.907. The van der Waals surface area contributed by atoms with E-state index in [0.717, 1.165) is 6.07 Å². The highest BCUT2D eigenvalue weighted by atomic mass is 35.5. The lowest BCUT2D eigenvalue weighted by atomic mass is 10.2. The standard InChI is InChI=1S/C12H16ClFN2O2S/c1-8-6-15-7-9(2)16(8)19(17,18)12-4-3-10(13)5-11(12)14/h3-5,8-9,15H,6-7H2,1-2H3. The smallest absolute Gasteiger partial charge is 0.246 e. The lowest BCUT2D eigenvalue weighted by Crippen LogP contribution is -2.57. The first-order valence-corrected chi connectivity index (χ1v) is 7.85. The van der Waals surface area contributed by atoms with Gasteiger partial charge in [0.05, 0.1) is 0 Å². The molecule has 4 nitrogen and oxygen atoms in total. The molecular weight excluding hydrogens is 291 g/mol. The van der Waals surface area contributed by atoms with Crippen LogP contribution >= 0.6 is 11.6 Å². The Morgan fingerprint density at radius 3 is 2.42 bits per heavy atom. The van der Waals surface area contributed by atoms with Gasteiger partial charge in [-0.2, -0.15) is 4.31 Å². The fraction of sp³-hybridized carbons (Fsp3) is 0.500. The second kappa shape index (κ2) is 5.36. The molecule has 7 heteroatoms. The minimum atomic E-state index is -3.85. The Morgan fingerprint density at radius 2 is 1.89 bits per heavy atom. The summed E-state index contributed by atoms with van der Waals surface area (Å²) in [7, 11) is -3.85. The summed E-state index contributed by atoms with van der Waals surface area (Å²) in [6.07, 6.45) is 0. The van der Waals surface area contributed by atoms with Crippen LogP contribution in [0.15, 0.2) is 23.1 Å². The Morgan fingerprint density at radius 1 is 1.32 bits per heavy atom. The summed E-state index contributed by atoms with van der Waals surface area (Å²) in [5.74, 6) is -0.814. The molecule has 2 unspecified atom stereocenters. The molecule has 0 bridgehead atoms. The summed E-state index contributed by atoms with van der Waals surface area (Å²) in [6.45, 7) is 4.71. The van der Waals surface area contributed by atoms with Gasteiger partial charge in [0.15, 0.2) is 0 Å². The fourth-order valence-corrected chi connectivity index (χ4v) is 4.42. The molecule has 0 aromatic heterocycles. The topological polar surface area (TPSA) is 49.4 Å². The number of halogens is 2. The van der Waals surface area contributed by atoms with Crippen LogP contribution in [0.4, 0.5) is 4.39 Å². The molecule has 1 fully saturated rings. The third-order valence-electron chi connectivity index (χ3n) is 3.20. The van der Waals surface area contributed by atoms with Gasteiger partial charge < -0.3 is 5.32 Å². The molecule has 0 aliphatic carbocycles. The van der Waals surface area contributed by atoms with Gasteiger partial charge in [0.25, 0.3) is 0 Å². The third-order valence-corrected chi connectivity index (χ3v) is 5.59. The van der Waals surface area contributed by atoms with E-state index in [-0.39, 0.29) is 22.0 Å². The second-order valence-electron chi connectivity index (χ2n) is 4.77. The molecule has 1 N–H and O–H groups in total. The van der Waals surface area contributed by atoms with Crippen molar-refractivity contribution in [1.82, 2.24) is 9.62 Å². The van der Waals surface area contributed by atoms with E-state index in [4.69, 9.17) is 11.6 Å². The lowest BCUT2D eigenvalue weighted by molar-refractivity contribution is 0.219. The van der Waals surface area contributed by atoms with Crippen molar-refractivity contribution < 1.29 is 12.8 Å². The van der Waals surface area contributed by atoms with Gasteiger partial charge in [-0.3, -0.25) is 0 Å². The first-order valence-electron chi connectivity index (χ1n) is 6.03. The largest absolute Gasteiger partial charge is 0.314 e. The molecule has 2 atom stereocenters. The summed E-state index contributed by atoms with van der Waals surface area (Å²) in [5, 5.41) is 3.32. The van der Waals surface area contributed by atoms with Crippen LogP contribution in [0.1, 0.15) is 13.8 Å². The average molecular weight is 307 g/mol. The van der Waals surface area contributed by atoms with E-state index >= 15 is 0 Å². The summed E-state index contributed by atoms with van der Waals surface area (Å²) >= 11 is 5.65. The number of sulfonamides is 1. The highest BCUT2D eigenvalue weighted by molar-refractivity contribution is 7.89. The second-order valence-corrected chi connectivity index (χ2v) is 7.01. The molecule has 0 spiro atoms. The molecule has 1 saturated heterocycles. The van der Waals surface area contributed by atoms with Crippen LogP contribution in [0.3, 0.4) is 0 Å². The Balaban J connectivity index is 2.46. The van der Waals surface area contributed by atoms with Crippen molar-refractivity contribution in [3.8, 4) is 0 Å². The summed E-state index contributed by atoms with van der Waals surface area (Å²) < 4.78 is 40.3. The fourth-order valence-electron chi connectivity index (χ4n) is 2.39. The van der Waals surface area contributed by atoms with Gasteiger partial charge in [0.1, 0.15) is 10.7 Å². The van der Waals surface area contributed by atoms with Crippen LogP contribution in [0.2, 0.25) is 5.02 Å². The number of nitrogens with one attached hydrogen (secondary N) is 1. The monoisotopic (exact) mass is 306 g/mol. The highest BCUT2D eigenvalue weighted by Crippen LogP contribution is 2.26. The van der Waals surface area contributed by atoms with E-state index in [1.807, 2.05) is 0 Å². The van der Waals surface area contributed by atoms with Gasteiger partial charge in [0.2, 0.25) is 10.0 Å². The third kappa shape index (κ3) is 2.76. The highest BCUT2D eigenvalue weighted by Gasteiger charge is 2.37. The molecule has 0 amide bonds. The number of hydrogen-bond donors (Lipinski definition) is 1. The number of hydrogen-bond acceptors (Lipinski definition) is 3. The van der Waals surface area contributed by atoms with Crippen LogP contribution in [0.25, 0.3) is 0 Å². The van der Waals surface area contributed by atoms with Crippen molar-refractivity contribution in [2.24, 2.45) is 0 Å². The number of nitrogens with zero attached hydrogens (tertiary/aromatic N) is 1. The van der Waals surface area contributed by atoms with E-state index < -0.39 is 15.8 Å². The zero-order valence-electron chi connectivity index (χ0n) is 10.7. The van der Waals surface area contributed by atoms with E-state index in [0.29, 0.717) is 13.1 Å².